The zero-order valence-corrected chi connectivity index (χ0v) is 14.3. The van der Waals surface area contributed by atoms with Gasteiger partial charge in [-0.05, 0) is 26.2 Å². The lowest BCUT2D eigenvalue weighted by atomic mass is 9.54. The summed E-state index contributed by atoms with van der Waals surface area (Å²) in [6.07, 6.45) is 11.2. The molecule has 0 bridgehead atoms. The van der Waals surface area contributed by atoms with Crippen LogP contribution in [0.5, 0.6) is 0 Å². The lowest BCUT2D eigenvalue weighted by Gasteiger charge is -2.60. The van der Waals surface area contributed by atoms with Gasteiger partial charge in [-0.3, -0.25) is 9.48 Å². The fourth-order valence-electron chi connectivity index (χ4n) is 4.48. The van der Waals surface area contributed by atoms with E-state index in [4.69, 9.17) is 4.74 Å². The number of hydrogen-bond donors (Lipinski definition) is 0. The van der Waals surface area contributed by atoms with Crippen molar-refractivity contribution in [2.24, 2.45) is 5.41 Å². The van der Waals surface area contributed by atoms with Gasteiger partial charge in [0.15, 0.2) is 0 Å². The molecule has 1 spiro atoms. The molecule has 0 aliphatic heterocycles. The van der Waals surface area contributed by atoms with Gasteiger partial charge in [0.2, 0.25) is 5.91 Å². The highest BCUT2D eigenvalue weighted by atomic mass is 16.5. The third kappa shape index (κ3) is 3.13. The second kappa shape index (κ2) is 6.99. The van der Waals surface area contributed by atoms with Crippen LogP contribution in [-0.2, 0) is 16.1 Å². The van der Waals surface area contributed by atoms with Gasteiger partial charge in [0.1, 0.15) is 12.7 Å². The summed E-state index contributed by atoms with van der Waals surface area (Å²) in [5, 5.41) is 4.06. The van der Waals surface area contributed by atoms with Crippen LogP contribution in [0.15, 0.2) is 12.7 Å². The van der Waals surface area contributed by atoms with Crippen LogP contribution in [0.4, 0.5) is 0 Å². The van der Waals surface area contributed by atoms with Gasteiger partial charge in [-0.1, -0.05) is 19.3 Å². The third-order valence-electron chi connectivity index (χ3n) is 5.78. The molecule has 3 rings (SSSR count). The van der Waals surface area contributed by atoms with E-state index in [0.717, 1.165) is 13.0 Å². The monoisotopic (exact) mass is 320 g/mol. The highest BCUT2D eigenvalue weighted by Crippen LogP contribution is 2.55. The summed E-state index contributed by atoms with van der Waals surface area (Å²) in [4.78, 5) is 18.5. The molecule has 0 radical (unpaired) electrons. The Labute approximate surface area is 138 Å². The molecule has 0 unspecified atom stereocenters. The number of hydrogen-bond acceptors (Lipinski definition) is 4. The first kappa shape index (κ1) is 16.4. The molecule has 0 aromatic carbocycles. The quantitative estimate of drug-likeness (QED) is 0.806. The van der Waals surface area contributed by atoms with Crippen LogP contribution >= 0.6 is 0 Å². The molecule has 1 aromatic heterocycles. The van der Waals surface area contributed by atoms with Gasteiger partial charge in [0.05, 0.1) is 12.6 Å². The zero-order valence-electron chi connectivity index (χ0n) is 14.3. The summed E-state index contributed by atoms with van der Waals surface area (Å²) >= 11 is 0. The SMILES string of the molecule is CCO[C@H]1C[C@H](N(C)C(=O)CCn2cncn2)C12CCCCC2. The molecule has 1 aromatic rings. The van der Waals surface area contributed by atoms with Gasteiger partial charge in [0.25, 0.3) is 0 Å². The van der Waals surface area contributed by atoms with E-state index >= 15 is 0 Å². The molecule has 0 saturated heterocycles. The first-order valence-corrected chi connectivity index (χ1v) is 8.87. The van der Waals surface area contributed by atoms with Crippen molar-refractivity contribution in [1.29, 1.82) is 0 Å². The summed E-state index contributed by atoms with van der Waals surface area (Å²) in [7, 11) is 1.97. The lowest BCUT2D eigenvalue weighted by molar-refractivity contribution is -0.185. The molecule has 6 nitrogen and oxygen atoms in total. The largest absolute Gasteiger partial charge is 0.378 e. The molecule has 0 N–H and O–H groups in total. The molecule has 1 heterocycles. The van der Waals surface area contributed by atoms with Crippen LogP contribution in [-0.4, -0.2) is 51.4 Å². The average Bonchev–Trinajstić information content (AvgIpc) is 3.10. The molecule has 128 valence electrons. The van der Waals surface area contributed by atoms with Crippen LogP contribution in [0.25, 0.3) is 0 Å². The first-order chi connectivity index (χ1) is 11.2. The second-order valence-electron chi connectivity index (χ2n) is 6.90. The fourth-order valence-corrected chi connectivity index (χ4v) is 4.48. The number of nitrogens with zero attached hydrogens (tertiary/aromatic N) is 4. The normalized spacial score (nSPS) is 26.0. The Hall–Kier alpha value is -1.43. The Kier molecular flexibility index (Phi) is 4.99. The summed E-state index contributed by atoms with van der Waals surface area (Å²) < 4.78 is 7.70. The van der Waals surface area contributed by atoms with Crippen molar-refractivity contribution in [3.8, 4) is 0 Å². The van der Waals surface area contributed by atoms with Crippen LogP contribution in [0.3, 0.4) is 0 Å². The number of carbonyl (C=O) groups is 1. The lowest BCUT2D eigenvalue weighted by Crippen LogP contribution is -2.65. The number of aryl methyl sites for hydroxylation is 1. The fraction of sp³-hybridized carbons (Fsp3) is 0.824. The molecule has 2 aliphatic rings. The molecule has 2 saturated carbocycles. The van der Waals surface area contributed by atoms with Gasteiger partial charge < -0.3 is 9.64 Å². The van der Waals surface area contributed by atoms with E-state index in [1.807, 2.05) is 11.9 Å². The molecule has 6 heteroatoms. The molecule has 1 amide bonds. The predicted octanol–water partition coefficient (Wildman–Crippen LogP) is 2.25. The molecule has 2 atom stereocenters. The first-order valence-electron chi connectivity index (χ1n) is 8.87. The zero-order chi connectivity index (χ0) is 16.3. The number of carbonyl (C=O) groups excluding carboxylic acids is 1. The van der Waals surface area contributed by atoms with Crippen molar-refractivity contribution in [3.05, 3.63) is 12.7 Å². The van der Waals surface area contributed by atoms with Crippen molar-refractivity contribution in [2.75, 3.05) is 13.7 Å². The number of rotatable bonds is 6. The smallest absolute Gasteiger partial charge is 0.224 e. The van der Waals surface area contributed by atoms with Crippen molar-refractivity contribution in [3.63, 3.8) is 0 Å². The highest BCUT2D eigenvalue weighted by molar-refractivity contribution is 5.76. The van der Waals surface area contributed by atoms with Crippen molar-refractivity contribution in [2.45, 2.75) is 70.6 Å². The van der Waals surface area contributed by atoms with Crippen LogP contribution in [0.2, 0.25) is 0 Å². The maximum atomic E-state index is 12.6. The van der Waals surface area contributed by atoms with E-state index in [-0.39, 0.29) is 11.3 Å². The van der Waals surface area contributed by atoms with Crippen LogP contribution < -0.4 is 0 Å². The van der Waals surface area contributed by atoms with Gasteiger partial charge in [0, 0.05) is 31.5 Å². The van der Waals surface area contributed by atoms with E-state index in [0.29, 0.717) is 25.1 Å². The van der Waals surface area contributed by atoms with Gasteiger partial charge in [-0.15, -0.1) is 0 Å². The summed E-state index contributed by atoms with van der Waals surface area (Å²) in [6, 6.07) is 0.336. The standard InChI is InChI=1S/C17H28N4O2/c1-3-23-15-11-14(17(15)8-5-4-6-9-17)20(2)16(22)7-10-21-13-18-12-19-21/h12-15H,3-11H2,1-2H3/t14-,15-/m0/s1. The van der Waals surface area contributed by atoms with E-state index < -0.39 is 0 Å². The Morgan fingerprint density at radius 1 is 1.39 bits per heavy atom. The minimum Gasteiger partial charge on any atom is -0.378 e. The van der Waals surface area contributed by atoms with Crippen LogP contribution in [0, 0.1) is 5.41 Å². The summed E-state index contributed by atoms with van der Waals surface area (Å²) in [5.74, 6) is 0.199. The minimum absolute atomic E-state index is 0.199. The Morgan fingerprint density at radius 3 is 2.83 bits per heavy atom. The molecule has 2 aliphatic carbocycles. The highest BCUT2D eigenvalue weighted by Gasteiger charge is 2.57. The Bertz CT molecular complexity index is 511. The molecular weight excluding hydrogens is 292 g/mol. The molecule has 23 heavy (non-hydrogen) atoms. The number of amides is 1. The molecule has 2 fully saturated rings. The second-order valence-corrected chi connectivity index (χ2v) is 6.90. The van der Waals surface area contributed by atoms with Crippen LogP contribution in [0.1, 0.15) is 51.9 Å². The maximum absolute atomic E-state index is 12.6. The topological polar surface area (TPSA) is 60.2 Å². The van der Waals surface area contributed by atoms with Gasteiger partial charge in [-0.25, -0.2) is 4.98 Å². The Balaban J connectivity index is 1.61. The van der Waals surface area contributed by atoms with Crippen molar-refractivity contribution >= 4 is 5.91 Å². The van der Waals surface area contributed by atoms with E-state index in [1.165, 1.54) is 38.4 Å². The Morgan fingerprint density at radius 2 is 2.17 bits per heavy atom. The van der Waals surface area contributed by atoms with Crippen molar-refractivity contribution in [1.82, 2.24) is 19.7 Å². The van der Waals surface area contributed by atoms with E-state index in [9.17, 15) is 4.79 Å². The van der Waals surface area contributed by atoms with Crippen molar-refractivity contribution < 1.29 is 9.53 Å². The third-order valence-corrected chi connectivity index (χ3v) is 5.78. The molecular formula is C17H28N4O2. The van der Waals surface area contributed by atoms with Gasteiger partial charge >= 0.3 is 0 Å². The van der Waals surface area contributed by atoms with E-state index in [2.05, 4.69) is 17.0 Å². The predicted molar refractivity (Wildman–Crippen MR) is 86.7 cm³/mol. The van der Waals surface area contributed by atoms with E-state index in [1.54, 1.807) is 11.0 Å². The summed E-state index contributed by atoms with van der Waals surface area (Å²) in [5.41, 5.74) is 0.200. The minimum atomic E-state index is 0.199. The summed E-state index contributed by atoms with van der Waals surface area (Å²) in [6.45, 7) is 3.43. The van der Waals surface area contributed by atoms with Gasteiger partial charge in [-0.2, -0.15) is 5.10 Å². The maximum Gasteiger partial charge on any atom is 0.224 e. The number of aromatic nitrogens is 3. The number of ether oxygens (including phenoxy) is 1. The average molecular weight is 320 g/mol.